The van der Waals surface area contributed by atoms with Crippen molar-refractivity contribution in [1.82, 2.24) is 9.88 Å². The van der Waals surface area contributed by atoms with E-state index in [9.17, 15) is 14.4 Å². The molecule has 0 spiro atoms. The fourth-order valence-corrected chi connectivity index (χ4v) is 4.53. The van der Waals surface area contributed by atoms with E-state index in [4.69, 9.17) is 4.74 Å². The number of rotatable bonds is 4. The molecule has 3 atom stereocenters. The van der Waals surface area contributed by atoms with Crippen molar-refractivity contribution in [2.45, 2.75) is 6.04 Å². The number of carbonyl (C=O) groups is 1. The number of fused-ring (bicyclic) bond motifs is 1. The van der Waals surface area contributed by atoms with Crippen LogP contribution in [0, 0.1) is 29.0 Å². The largest absolute Gasteiger partial charge is 0.375 e. The van der Waals surface area contributed by atoms with Gasteiger partial charge >= 0.3 is 0 Å². The minimum absolute atomic E-state index is 0.00773. The second-order valence-electron chi connectivity index (χ2n) is 7.29. The van der Waals surface area contributed by atoms with Crippen molar-refractivity contribution in [2.24, 2.45) is 11.8 Å². The van der Waals surface area contributed by atoms with Gasteiger partial charge in [-0.1, -0.05) is 12.1 Å². The number of nitriles is 1. The summed E-state index contributed by atoms with van der Waals surface area (Å²) < 4.78 is 18.9. The molecule has 1 aromatic heterocycles. The van der Waals surface area contributed by atoms with Crippen molar-refractivity contribution in [2.75, 3.05) is 38.3 Å². The number of methoxy groups -OCH3 is 1. The summed E-state index contributed by atoms with van der Waals surface area (Å²) in [5.41, 5.74) is 1.33. The van der Waals surface area contributed by atoms with Crippen LogP contribution < -0.4 is 4.90 Å². The number of hydrogen-bond acceptors (Lipinski definition) is 5. The molecule has 2 aliphatic rings. The van der Waals surface area contributed by atoms with Crippen molar-refractivity contribution < 1.29 is 13.9 Å². The van der Waals surface area contributed by atoms with Gasteiger partial charge in [0, 0.05) is 44.8 Å². The molecule has 0 N–H and O–H groups in total. The van der Waals surface area contributed by atoms with Gasteiger partial charge < -0.3 is 14.5 Å². The average Bonchev–Trinajstić information content (AvgIpc) is 3.26. The lowest BCUT2D eigenvalue weighted by Gasteiger charge is -2.30. The maximum atomic E-state index is 13.9. The molecule has 0 unspecified atom stereocenters. The lowest BCUT2D eigenvalue weighted by atomic mass is 9.89. The van der Waals surface area contributed by atoms with Gasteiger partial charge in [-0.2, -0.15) is 5.26 Å². The standard InChI is InChI=1S/C21H21FN4O2/c1-28-13-19(27)26-11-16-10-25(21-15(9-23)5-3-7-24-21)12-18(16)20(26)14-4-2-6-17(22)8-14/h2-8,16,18,20H,10-13H2,1H3/t16-,18-,20+/m1/s1. The Morgan fingerprint density at radius 2 is 2.18 bits per heavy atom. The van der Waals surface area contributed by atoms with E-state index in [-0.39, 0.29) is 36.2 Å². The van der Waals surface area contributed by atoms with Crippen molar-refractivity contribution >= 4 is 11.7 Å². The number of pyridine rings is 1. The summed E-state index contributed by atoms with van der Waals surface area (Å²) in [6.45, 7) is 1.96. The lowest BCUT2D eigenvalue weighted by Crippen LogP contribution is -2.37. The number of benzene rings is 1. The van der Waals surface area contributed by atoms with Crippen molar-refractivity contribution in [3.05, 3.63) is 59.5 Å². The van der Waals surface area contributed by atoms with Crippen LogP contribution in [0.5, 0.6) is 0 Å². The van der Waals surface area contributed by atoms with Gasteiger partial charge in [-0.3, -0.25) is 4.79 Å². The van der Waals surface area contributed by atoms with Crippen LogP contribution >= 0.6 is 0 Å². The summed E-state index contributed by atoms with van der Waals surface area (Å²) in [5, 5.41) is 9.39. The zero-order chi connectivity index (χ0) is 19.7. The highest BCUT2D eigenvalue weighted by molar-refractivity contribution is 5.78. The van der Waals surface area contributed by atoms with E-state index in [0.29, 0.717) is 31.0 Å². The molecule has 2 fully saturated rings. The van der Waals surface area contributed by atoms with Gasteiger partial charge in [0.2, 0.25) is 5.91 Å². The summed E-state index contributed by atoms with van der Waals surface area (Å²) in [5.74, 6) is 0.630. The third kappa shape index (κ3) is 3.20. The summed E-state index contributed by atoms with van der Waals surface area (Å²) >= 11 is 0. The predicted octanol–water partition coefficient (Wildman–Crippen LogP) is 2.37. The monoisotopic (exact) mass is 380 g/mol. The molecule has 1 aromatic carbocycles. The second kappa shape index (κ2) is 7.56. The Kier molecular flexibility index (Phi) is 4.97. The first-order chi connectivity index (χ1) is 13.6. The van der Waals surface area contributed by atoms with Crippen LogP contribution in [0.25, 0.3) is 0 Å². The van der Waals surface area contributed by atoms with Gasteiger partial charge in [0.05, 0.1) is 11.6 Å². The van der Waals surface area contributed by atoms with Crippen LogP contribution in [0.4, 0.5) is 10.2 Å². The summed E-state index contributed by atoms with van der Waals surface area (Å²) in [6.07, 6.45) is 1.68. The number of amides is 1. The van der Waals surface area contributed by atoms with Crippen LogP contribution in [-0.2, 0) is 9.53 Å². The zero-order valence-corrected chi connectivity index (χ0v) is 15.6. The summed E-state index contributed by atoms with van der Waals surface area (Å²) in [6, 6.07) is 11.9. The molecule has 1 amide bonds. The molecule has 0 saturated carbocycles. The fraction of sp³-hybridized carbons (Fsp3) is 0.381. The molecule has 144 valence electrons. The van der Waals surface area contributed by atoms with Gasteiger partial charge in [0.25, 0.3) is 0 Å². The molecule has 0 aliphatic carbocycles. The quantitative estimate of drug-likeness (QED) is 0.815. The van der Waals surface area contributed by atoms with Crippen LogP contribution in [0.1, 0.15) is 17.2 Å². The van der Waals surface area contributed by atoms with E-state index in [1.54, 1.807) is 24.4 Å². The van der Waals surface area contributed by atoms with Gasteiger partial charge in [-0.25, -0.2) is 9.37 Å². The fourth-order valence-electron chi connectivity index (χ4n) is 4.53. The Bertz CT molecular complexity index is 929. The van der Waals surface area contributed by atoms with Crippen molar-refractivity contribution in [3.63, 3.8) is 0 Å². The lowest BCUT2D eigenvalue weighted by molar-refractivity contribution is -0.136. The normalized spacial score (nSPS) is 23.5. The molecule has 28 heavy (non-hydrogen) atoms. The Balaban J connectivity index is 1.66. The van der Waals surface area contributed by atoms with Crippen LogP contribution in [0.3, 0.4) is 0 Å². The van der Waals surface area contributed by atoms with Crippen LogP contribution in [0.2, 0.25) is 0 Å². The van der Waals surface area contributed by atoms with E-state index in [0.717, 1.165) is 5.56 Å². The Hall–Kier alpha value is -2.98. The smallest absolute Gasteiger partial charge is 0.249 e. The molecule has 4 rings (SSSR count). The van der Waals surface area contributed by atoms with Gasteiger partial charge in [-0.15, -0.1) is 0 Å². The third-order valence-corrected chi connectivity index (χ3v) is 5.65. The van der Waals surface area contributed by atoms with E-state index in [1.165, 1.54) is 19.2 Å². The van der Waals surface area contributed by atoms with Gasteiger partial charge in [-0.05, 0) is 29.8 Å². The van der Waals surface area contributed by atoms with Crippen LogP contribution in [0.15, 0.2) is 42.6 Å². The molecular formula is C21H21FN4O2. The van der Waals surface area contributed by atoms with Gasteiger partial charge in [0.1, 0.15) is 24.3 Å². The van der Waals surface area contributed by atoms with Crippen molar-refractivity contribution in [1.29, 1.82) is 5.26 Å². The number of aromatic nitrogens is 1. The predicted molar refractivity (Wildman–Crippen MR) is 101 cm³/mol. The summed E-state index contributed by atoms with van der Waals surface area (Å²) in [7, 11) is 1.50. The zero-order valence-electron chi connectivity index (χ0n) is 15.6. The minimum Gasteiger partial charge on any atom is -0.375 e. The molecular weight excluding hydrogens is 359 g/mol. The first-order valence-corrected chi connectivity index (χ1v) is 9.26. The molecule has 0 bridgehead atoms. The van der Waals surface area contributed by atoms with Crippen LogP contribution in [-0.4, -0.2) is 49.1 Å². The molecule has 3 heterocycles. The highest BCUT2D eigenvalue weighted by Crippen LogP contribution is 2.46. The Morgan fingerprint density at radius 1 is 1.32 bits per heavy atom. The SMILES string of the molecule is COCC(=O)N1C[C@H]2CN(c3ncccc3C#N)C[C@H]2[C@@H]1c1cccc(F)c1. The number of halogens is 1. The number of ether oxygens (including phenoxy) is 1. The number of nitrogens with zero attached hydrogens (tertiary/aromatic N) is 4. The van der Waals surface area contributed by atoms with E-state index in [1.807, 2.05) is 11.0 Å². The van der Waals surface area contributed by atoms with E-state index < -0.39 is 0 Å². The highest BCUT2D eigenvalue weighted by Gasteiger charge is 2.49. The first-order valence-electron chi connectivity index (χ1n) is 9.26. The molecule has 2 aromatic rings. The number of likely N-dealkylation sites (tertiary alicyclic amines) is 1. The molecule has 2 saturated heterocycles. The number of hydrogen-bond donors (Lipinski definition) is 0. The minimum atomic E-state index is -0.313. The highest BCUT2D eigenvalue weighted by atomic mass is 19.1. The third-order valence-electron chi connectivity index (χ3n) is 5.65. The maximum Gasteiger partial charge on any atom is 0.249 e. The van der Waals surface area contributed by atoms with Gasteiger partial charge in [0.15, 0.2) is 0 Å². The maximum absolute atomic E-state index is 13.9. The molecule has 2 aliphatic heterocycles. The van der Waals surface area contributed by atoms with E-state index >= 15 is 0 Å². The first kappa shape index (κ1) is 18.4. The average molecular weight is 380 g/mol. The Morgan fingerprint density at radius 3 is 2.93 bits per heavy atom. The Labute approximate surface area is 163 Å². The molecule has 7 heteroatoms. The van der Waals surface area contributed by atoms with Crippen molar-refractivity contribution in [3.8, 4) is 6.07 Å². The second-order valence-corrected chi connectivity index (χ2v) is 7.29. The van der Waals surface area contributed by atoms with E-state index in [2.05, 4.69) is 16.0 Å². The summed E-state index contributed by atoms with van der Waals surface area (Å²) in [4.78, 5) is 21.0. The molecule has 6 nitrogen and oxygen atoms in total. The molecule has 0 radical (unpaired) electrons. The number of anilines is 1. The topological polar surface area (TPSA) is 69.5 Å². The number of carbonyl (C=O) groups excluding carboxylic acids is 1.